The molecule has 7 nitrogen and oxygen atoms in total. The quantitative estimate of drug-likeness (QED) is 0.553. The Kier molecular flexibility index (Phi) is 6.69. The SMILES string of the molecule is CCCNc1ncc([N+](=O)[O-])c(N(CCC)CCC)n1. The van der Waals surface area contributed by atoms with E-state index in [0.717, 1.165) is 38.9 Å². The number of nitro groups is 1. The highest BCUT2D eigenvalue weighted by Crippen LogP contribution is 2.26. The molecule has 0 saturated heterocycles. The van der Waals surface area contributed by atoms with Gasteiger partial charge in [-0.25, -0.2) is 4.98 Å². The Balaban J connectivity index is 3.11. The maximum absolute atomic E-state index is 11.1. The van der Waals surface area contributed by atoms with Crippen LogP contribution in [0.15, 0.2) is 6.20 Å². The topological polar surface area (TPSA) is 84.2 Å². The average molecular weight is 281 g/mol. The van der Waals surface area contributed by atoms with Crippen molar-refractivity contribution in [2.24, 2.45) is 0 Å². The summed E-state index contributed by atoms with van der Waals surface area (Å²) in [5.74, 6) is 0.858. The molecule has 0 fully saturated rings. The van der Waals surface area contributed by atoms with E-state index in [-0.39, 0.29) is 5.69 Å². The molecular weight excluding hydrogens is 258 g/mol. The van der Waals surface area contributed by atoms with Crippen LogP contribution in [0, 0.1) is 10.1 Å². The zero-order chi connectivity index (χ0) is 15.0. The second-order valence-electron chi connectivity index (χ2n) is 4.57. The van der Waals surface area contributed by atoms with Crippen molar-refractivity contribution in [2.45, 2.75) is 40.0 Å². The first-order chi connectivity index (χ1) is 9.63. The summed E-state index contributed by atoms with van der Waals surface area (Å²) in [4.78, 5) is 21.0. The summed E-state index contributed by atoms with van der Waals surface area (Å²) >= 11 is 0. The molecule has 0 bridgehead atoms. The molecule has 0 amide bonds. The van der Waals surface area contributed by atoms with Crippen molar-refractivity contribution < 1.29 is 4.92 Å². The van der Waals surface area contributed by atoms with Crippen LogP contribution in [0.3, 0.4) is 0 Å². The van der Waals surface area contributed by atoms with Gasteiger partial charge >= 0.3 is 5.69 Å². The van der Waals surface area contributed by atoms with Crippen LogP contribution in [0.1, 0.15) is 40.0 Å². The number of anilines is 2. The number of hydrogen-bond acceptors (Lipinski definition) is 6. The van der Waals surface area contributed by atoms with E-state index >= 15 is 0 Å². The van der Waals surface area contributed by atoms with Crippen LogP contribution in [0.5, 0.6) is 0 Å². The predicted octanol–water partition coefficient (Wildman–Crippen LogP) is 2.83. The number of rotatable bonds is 9. The Morgan fingerprint density at radius 3 is 2.40 bits per heavy atom. The van der Waals surface area contributed by atoms with E-state index in [1.54, 1.807) is 0 Å². The molecule has 0 aliphatic carbocycles. The third-order valence-corrected chi connectivity index (χ3v) is 2.77. The summed E-state index contributed by atoms with van der Waals surface area (Å²) < 4.78 is 0. The van der Waals surface area contributed by atoms with Crippen molar-refractivity contribution in [2.75, 3.05) is 29.9 Å². The van der Waals surface area contributed by atoms with E-state index in [0.29, 0.717) is 11.8 Å². The maximum atomic E-state index is 11.1. The molecule has 1 rings (SSSR count). The van der Waals surface area contributed by atoms with Gasteiger partial charge in [0.05, 0.1) is 4.92 Å². The molecule has 0 spiro atoms. The van der Waals surface area contributed by atoms with Crippen molar-refractivity contribution in [3.8, 4) is 0 Å². The summed E-state index contributed by atoms with van der Waals surface area (Å²) in [6.07, 6.45) is 4.07. The Hall–Kier alpha value is -1.92. The maximum Gasteiger partial charge on any atom is 0.329 e. The van der Waals surface area contributed by atoms with Gasteiger partial charge in [-0.3, -0.25) is 10.1 Å². The van der Waals surface area contributed by atoms with Gasteiger partial charge < -0.3 is 10.2 Å². The lowest BCUT2D eigenvalue weighted by Gasteiger charge is -2.22. The van der Waals surface area contributed by atoms with Gasteiger partial charge in [0.1, 0.15) is 6.20 Å². The Labute approximate surface area is 119 Å². The number of nitrogens with zero attached hydrogens (tertiary/aromatic N) is 4. The third kappa shape index (κ3) is 4.32. The normalized spacial score (nSPS) is 10.3. The van der Waals surface area contributed by atoms with E-state index in [4.69, 9.17) is 0 Å². The highest BCUT2D eigenvalue weighted by Gasteiger charge is 2.22. The summed E-state index contributed by atoms with van der Waals surface area (Å²) in [7, 11) is 0. The van der Waals surface area contributed by atoms with Gasteiger partial charge in [0.25, 0.3) is 0 Å². The molecular formula is C13H23N5O2. The van der Waals surface area contributed by atoms with Gasteiger partial charge in [-0.2, -0.15) is 4.98 Å². The smallest absolute Gasteiger partial charge is 0.329 e. The van der Waals surface area contributed by atoms with Crippen LogP contribution in [-0.2, 0) is 0 Å². The highest BCUT2D eigenvalue weighted by molar-refractivity contribution is 5.58. The molecule has 0 atom stereocenters. The van der Waals surface area contributed by atoms with Crippen LogP contribution in [-0.4, -0.2) is 34.5 Å². The number of aromatic nitrogens is 2. The molecule has 0 aromatic carbocycles. The molecule has 0 radical (unpaired) electrons. The van der Waals surface area contributed by atoms with Crippen molar-refractivity contribution in [3.05, 3.63) is 16.3 Å². The molecule has 1 aromatic heterocycles. The largest absolute Gasteiger partial charge is 0.354 e. The Morgan fingerprint density at radius 1 is 1.25 bits per heavy atom. The summed E-state index contributed by atoms with van der Waals surface area (Å²) in [5, 5.41) is 14.2. The van der Waals surface area contributed by atoms with Crippen LogP contribution in [0.25, 0.3) is 0 Å². The minimum atomic E-state index is -0.419. The van der Waals surface area contributed by atoms with Gasteiger partial charge in [-0.05, 0) is 19.3 Å². The van der Waals surface area contributed by atoms with Crippen molar-refractivity contribution in [1.29, 1.82) is 0 Å². The van der Waals surface area contributed by atoms with E-state index in [1.165, 1.54) is 6.20 Å². The van der Waals surface area contributed by atoms with Crippen LogP contribution in [0.4, 0.5) is 17.5 Å². The van der Waals surface area contributed by atoms with Crippen molar-refractivity contribution in [3.63, 3.8) is 0 Å². The second kappa shape index (κ2) is 8.29. The lowest BCUT2D eigenvalue weighted by atomic mass is 10.3. The lowest BCUT2D eigenvalue weighted by Crippen LogP contribution is -2.27. The van der Waals surface area contributed by atoms with Crippen molar-refractivity contribution in [1.82, 2.24) is 9.97 Å². The fourth-order valence-electron chi connectivity index (χ4n) is 1.91. The van der Waals surface area contributed by atoms with Gasteiger partial charge in [-0.15, -0.1) is 0 Å². The molecule has 0 aliphatic heterocycles. The summed E-state index contributed by atoms with van der Waals surface area (Å²) in [6.45, 7) is 8.38. The first kappa shape index (κ1) is 16.1. The van der Waals surface area contributed by atoms with Crippen molar-refractivity contribution >= 4 is 17.5 Å². The minimum absolute atomic E-state index is 0.0334. The molecule has 20 heavy (non-hydrogen) atoms. The first-order valence-electron chi connectivity index (χ1n) is 7.14. The highest BCUT2D eigenvalue weighted by atomic mass is 16.6. The monoisotopic (exact) mass is 281 g/mol. The Bertz CT molecular complexity index is 433. The molecule has 1 heterocycles. The summed E-state index contributed by atoms with van der Waals surface area (Å²) in [6, 6.07) is 0. The summed E-state index contributed by atoms with van der Waals surface area (Å²) in [5.41, 5.74) is -0.0334. The van der Waals surface area contributed by atoms with Gasteiger partial charge in [0.15, 0.2) is 0 Å². The fourth-order valence-corrected chi connectivity index (χ4v) is 1.91. The number of nitrogens with one attached hydrogen (secondary N) is 1. The first-order valence-corrected chi connectivity index (χ1v) is 7.14. The van der Waals surface area contributed by atoms with Crippen LogP contribution in [0.2, 0.25) is 0 Å². The van der Waals surface area contributed by atoms with E-state index in [9.17, 15) is 10.1 Å². The van der Waals surface area contributed by atoms with E-state index in [1.807, 2.05) is 25.7 Å². The molecule has 112 valence electrons. The lowest BCUT2D eigenvalue weighted by molar-refractivity contribution is -0.384. The average Bonchev–Trinajstić information content (AvgIpc) is 2.44. The van der Waals surface area contributed by atoms with E-state index in [2.05, 4.69) is 15.3 Å². The molecule has 1 N–H and O–H groups in total. The molecule has 0 unspecified atom stereocenters. The fraction of sp³-hybridized carbons (Fsp3) is 0.692. The van der Waals surface area contributed by atoms with Gasteiger partial charge in [0, 0.05) is 19.6 Å². The third-order valence-electron chi connectivity index (χ3n) is 2.77. The van der Waals surface area contributed by atoms with Gasteiger partial charge in [0.2, 0.25) is 11.8 Å². The second-order valence-corrected chi connectivity index (χ2v) is 4.57. The van der Waals surface area contributed by atoms with Gasteiger partial charge in [-0.1, -0.05) is 20.8 Å². The minimum Gasteiger partial charge on any atom is -0.354 e. The standard InChI is InChI=1S/C13H23N5O2/c1-4-7-14-13-15-10-11(18(19)20)12(16-13)17(8-5-2)9-6-3/h10H,4-9H2,1-3H3,(H,14,15,16). The predicted molar refractivity (Wildman–Crippen MR) is 80.3 cm³/mol. The molecule has 7 heteroatoms. The molecule has 0 aliphatic rings. The van der Waals surface area contributed by atoms with Crippen LogP contribution < -0.4 is 10.2 Å². The van der Waals surface area contributed by atoms with E-state index < -0.39 is 4.92 Å². The zero-order valence-electron chi connectivity index (χ0n) is 12.4. The molecule has 0 saturated carbocycles. The Morgan fingerprint density at radius 2 is 1.90 bits per heavy atom. The number of hydrogen-bond donors (Lipinski definition) is 1. The van der Waals surface area contributed by atoms with Crippen LogP contribution >= 0.6 is 0 Å². The molecule has 1 aromatic rings. The zero-order valence-corrected chi connectivity index (χ0v) is 12.4.